The Hall–Kier alpha value is 0.744. The van der Waals surface area contributed by atoms with Crippen LogP contribution in [0.1, 0.15) is 32.6 Å². The minimum Gasteiger partial charge on any atom is -1.00 e. The van der Waals surface area contributed by atoms with Gasteiger partial charge < -0.3 is 18.1 Å². The zero-order valence-corrected chi connectivity index (χ0v) is 7.68. The summed E-state index contributed by atoms with van der Waals surface area (Å²) in [7, 11) is 0. The Morgan fingerprint density at radius 3 is 2.00 bits per heavy atom. The van der Waals surface area contributed by atoms with Crippen LogP contribution in [0.5, 0.6) is 0 Å². The van der Waals surface area contributed by atoms with Crippen LogP contribution in [0.15, 0.2) is 0 Å². The first kappa shape index (κ1) is 16.4. The Kier molecular flexibility index (Phi) is 28.9. The van der Waals surface area contributed by atoms with Crippen LogP contribution < -0.4 is 18.1 Å². The van der Waals surface area contributed by atoms with Gasteiger partial charge in [-0.2, -0.15) is 0 Å². The molecule has 0 aliphatic heterocycles. The minimum absolute atomic E-state index is 0. The molecule has 0 aromatic carbocycles. The molecule has 1 nitrogen and oxygen atoms in total. The number of hydrogen-bond donors (Lipinski definition) is 1. The fourth-order valence-corrected chi connectivity index (χ4v) is 0.604. The van der Waals surface area contributed by atoms with E-state index in [0.717, 1.165) is 6.54 Å². The van der Waals surface area contributed by atoms with Gasteiger partial charge in [0.1, 0.15) is 0 Å². The van der Waals surface area contributed by atoms with Crippen LogP contribution in [-0.4, -0.2) is 6.54 Å². The third kappa shape index (κ3) is 17.7. The van der Waals surface area contributed by atoms with Crippen molar-refractivity contribution in [1.29, 1.82) is 0 Å². The van der Waals surface area contributed by atoms with Crippen molar-refractivity contribution in [3.63, 3.8) is 0 Å². The molecular weight excluding hydrogens is 180 g/mol. The number of quaternary nitrogens is 1. The average Bonchev–Trinajstić information content (AvgIpc) is 1.69. The Bertz CT molecular complexity index is 32.2. The molecule has 0 fully saturated rings. The third-order valence-electron chi connectivity index (χ3n) is 1.10. The monoisotopic (exact) mass is 195 g/mol. The summed E-state index contributed by atoms with van der Waals surface area (Å²) in [6.45, 7) is 3.34. The van der Waals surface area contributed by atoms with E-state index in [9.17, 15) is 0 Å². The number of rotatable bonds is 4. The summed E-state index contributed by atoms with van der Waals surface area (Å²) < 4.78 is 0. The van der Waals surface area contributed by atoms with Crippen molar-refractivity contribution in [1.82, 2.24) is 0 Å². The predicted molar refractivity (Wildman–Crippen MR) is 31.9 cm³/mol. The van der Waals surface area contributed by atoms with Crippen LogP contribution in [0.3, 0.4) is 0 Å². The smallest absolute Gasteiger partial charge is 0.0739 e. The largest absolute Gasteiger partial charge is 1.00 e. The molecule has 0 aromatic rings. The van der Waals surface area contributed by atoms with Crippen molar-refractivity contribution in [2.24, 2.45) is 0 Å². The van der Waals surface area contributed by atoms with Gasteiger partial charge >= 0.3 is 0 Å². The quantitative estimate of drug-likeness (QED) is 0.391. The first-order valence-corrected chi connectivity index (χ1v) is 3.21. The molecule has 0 unspecified atom stereocenters. The predicted octanol–water partition coefficient (Wildman–Crippen LogP) is -2.19. The van der Waals surface area contributed by atoms with Gasteiger partial charge in [0.25, 0.3) is 0 Å². The van der Waals surface area contributed by atoms with E-state index in [1.165, 1.54) is 25.7 Å². The van der Waals surface area contributed by atoms with Crippen molar-refractivity contribution < 1.29 is 34.6 Å². The number of unbranched alkanes of at least 4 members (excludes halogenated alkanes) is 3. The van der Waals surface area contributed by atoms with E-state index in [1.54, 1.807) is 0 Å². The Labute approximate surface area is 74.1 Å². The van der Waals surface area contributed by atoms with Gasteiger partial charge in [-0.1, -0.05) is 19.8 Å². The Balaban J connectivity index is -0.000000180. The molecular formula is C6H16ClNNi. The van der Waals surface area contributed by atoms with E-state index in [1.807, 2.05) is 0 Å². The Morgan fingerprint density at radius 2 is 1.67 bits per heavy atom. The van der Waals surface area contributed by atoms with Crippen molar-refractivity contribution in [2.45, 2.75) is 32.6 Å². The van der Waals surface area contributed by atoms with Crippen molar-refractivity contribution in [3.05, 3.63) is 0 Å². The van der Waals surface area contributed by atoms with Crippen LogP contribution in [0.4, 0.5) is 0 Å². The molecule has 3 N–H and O–H groups in total. The van der Waals surface area contributed by atoms with Gasteiger partial charge in [0, 0.05) is 16.5 Å². The maximum atomic E-state index is 3.76. The molecule has 0 spiro atoms. The maximum Gasteiger partial charge on any atom is 0.0739 e. The molecule has 0 heterocycles. The SMILES string of the molecule is CCCCCC[NH3+].[Cl-].[Ni]. The summed E-state index contributed by atoms with van der Waals surface area (Å²) in [6.07, 6.45) is 5.41. The fourth-order valence-electron chi connectivity index (χ4n) is 0.604. The van der Waals surface area contributed by atoms with Gasteiger partial charge in [0.15, 0.2) is 0 Å². The molecule has 62 valence electrons. The van der Waals surface area contributed by atoms with Crippen LogP contribution in [0.25, 0.3) is 0 Å². The number of halogens is 1. The molecule has 0 atom stereocenters. The normalized spacial score (nSPS) is 7.33. The first-order chi connectivity index (χ1) is 3.41. The molecule has 9 heavy (non-hydrogen) atoms. The Morgan fingerprint density at radius 1 is 1.11 bits per heavy atom. The number of hydrogen-bond acceptors (Lipinski definition) is 0. The summed E-state index contributed by atoms with van der Waals surface area (Å²) >= 11 is 0. The van der Waals surface area contributed by atoms with Gasteiger partial charge in [-0.05, 0) is 12.8 Å². The molecule has 0 radical (unpaired) electrons. The van der Waals surface area contributed by atoms with Gasteiger partial charge in [-0.15, -0.1) is 0 Å². The summed E-state index contributed by atoms with van der Waals surface area (Å²) in [5, 5.41) is 0. The second-order valence-electron chi connectivity index (χ2n) is 1.91. The van der Waals surface area contributed by atoms with Crippen molar-refractivity contribution in [3.8, 4) is 0 Å². The summed E-state index contributed by atoms with van der Waals surface area (Å²) in [5.41, 5.74) is 3.76. The average molecular weight is 196 g/mol. The van der Waals surface area contributed by atoms with Gasteiger partial charge in [-0.25, -0.2) is 0 Å². The molecule has 0 amide bonds. The molecule has 0 aromatic heterocycles. The summed E-state index contributed by atoms with van der Waals surface area (Å²) in [5.74, 6) is 0. The van der Waals surface area contributed by atoms with Gasteiger partial charge in [-0.3, -0.25) is 0 Å². The summed E-state index contributed by atoms with van der Waals surface area (Å²) in [4.78, 5) is 0. The minimum atomic E-state index is 0. The van der Waals surface area contributed by atoms with Gasteiger partial charge in [0.05, 0.1) is 6.54 Å². The van der Waals surface area contributed by atoms with Gasteiger partial charge in [0.2, 0.25) is 0 Å². The van der Waals surface area contributed by atoms with E-state index in [-0.39, 0.29) is 28.9 Å². The van der Waals surface area contributed by atoms with Crippen LogP contribution in [0.2, 0.25) is 0 Å². The zero-order chi connectivity index (χ0) is 5.54. The molecule has 0 aliphatic rings. The van der Waals surface area contributed by atoms with E-state index >= 15 is 0 Å². The molecule has 0 bridgehead atoms. The molecule has 0 aliphatic carbocycles. The van der Waals surface area contributed by atoms with Crippen molar-refractivity contribution in [2.75, 3.05) is 6.54 Å². The standard InChI is InChI=1S/C6H15N.ClH.Ni/c1-2-3-4-5-6-7;;/h2-7H2,1H3;1H;. The second kappa shape index (κ2) is 15.9. The van der Waals surface area contributed by atoms with E-state index in [0.29, 0.717) is 0 Å². The summed E-state index contributed by atoms with van der Waals surface area (Å²) in [6, 6.07) is 0. The van der Waals surface area contributed by atoms with E-state index in [2.05, 4.69) is 12.7 Å². The molecule has 0 saturated heterocycles. The maximum absolute atomic E-state index is 3.76. The van der Waals surface area contributed by atoms with E-state index in [4.69, 9.17) is 0 Å². The van der Waals surface area contributed by atoms with Crippen LogP contribution in [-0.2, 0) is 16.5 Å². The molecule has 3 heteroatoms. The van der Waals surface area contributed by atoms with Crippen LogP contribution >= 0.6 is 0 Å². The third-order valence-corrected chi connectivity index (χ3v) is 1.10. The molecule has 0 saturated carbocycles. The van der Waals surface area contributed by atoms with Crippen LogP contribution in [0, 0.1) is 0 Å². The first-order valence-electron chi connectivity index (χ1n) is 3.21. The fraction of sp³-hybridized carbons (Fsp3) is 1.00. The van der Waals surface area contributed by atoms with Crippen molar-refractivity contribution >= 4 is 0 Å². The molecule has 0 rings (SSSR count). The zero-order valence-electron chi connectivity index (χ0n) is 5.94. The second-order valence-corrected chi connectivity index (χ2v) is 1.91. The topological polar surface area (TPSA) is 27.6 Å². The van der Waals surface area contributed by atoms with E-state index < -0.39 is 0 Å².